The van der Waals surface area contributed by atoms with Crippen LogP contribution in [0.1, 0.15) is 12.5 Å². The second-order valence-electron chi connectivity index (χ2n) is 5.10. The van der Waals surface area contributed by atoms with Crippen molar-refractivity contribution >= 4 is 35.0 Å². The van der Waals surface area contributed by atoms with Crippen molar-refractivity contribution in [2.45, 2.75) is 13.8 Å². The molecule has 5 heteroatoms. The van der Waals surface area contributed by atoms with Crippen molar-refractivity contribution in [3.63, 3.8) is 0 Å². The van der Waals surface area contributed by atoms with Gasteiger partial charge in [0, 0.05) is 19.3 Å². The molecule has 0 aliphatic rings. The molecule has 0 amide bonds. The molecule has 0 atom stereocenters. The summed E-state index contributed by atoms with van der Waals surface area (Å²) in [7, 11) is 1.94. The van der Waals surface area contributed by atoms with Crippen molar-refractivity contribution < 1.29 is 4.39 Å². The first-order chi connectivity index (χ1) is 10.5. The predicted octanol–water partition coefficient (Wildman–Crippen LogP) is 5.14. The number of halogens is 2. The number of anilines is 2. The lowest BCUT2D eigenvalue weighted by Gasteiger charge is -2.13. The van der Waals surface area contributed by atoms with Crippen LogP contribution in [-0.4, -0.2) is 24.8 Å². The van der Waals surface area contributed by atoms with E-state index in [1.807, 2.05) is 37.9 Å². The summed E-state index contributed by atoms with van der Waals surface area (Å²) in [6.07, 6.45) is 1.74. The molecule has 2 aromatic carbocycles. The van der Waals surface area contributed by atoms with E-state index in [2.05, 4.69) is 10.3 Å². The molecule has 0 unspecified atom stereocenters. The highest BCUT2D eigenvalue weighted by Gasteiger charge is 2.08. The van der Waals surface area contributed by atoms with Crippen LogP contribution >= 0.6 is 11.6 Å². The number of rotatable bonds is 5. The Bertz CT molecular complexity index is 686. The Hall–Kier alpha value is -2.07. The van der Waals surface area contributed by atoms with E-state index in [0.29, 0.717) is 22.1 Å². The Morgan fingerprint density at radius 3 is 2.77 bits per heavy atom. The highest BCUT2D eigenvalue weighted by molar-refractivity contribution is 6.36. The van der Waals surface area contributed by atoms with Gasteiger partial charge in [-0.1, -0.05) is 17.7 Å². The first-order valence-electron chi connectivity index (χ1n) is 7.06. The molecule has 2 aromatic rings. The zero-order chi connectivity index (χ0) is 16.1. The molecule has 0 heterocycles. The highest BCUT2D eigenvalue weighted by atomic mass is 35.5. The molecule has 0 saturated carbocycles. The first kappa shape index (κ1) is 16.3. The maximum atomic E-state index is 13.3. The van der Waals surface area contributed by atoms with Crippen molar-refractivity contribution in [3.8, 4) is 0 Å². The molecule has 0 saturated heterocycles. The van der Waals surface area contributed by atoms with Crippen molar-refractivity contribution in [1.29, 1.82) is 0 Å². The number of hydrogen-bond acceptors (Lipinski definition) is 2. The van der Waals surface area contributed by atoms with Crippen LogP contribution in [0, 0.1) is 12.7 Å². The Morgan fingerprint density at radius 2 is 2.09 bits per heavy atom. The van der Waals surface area contributed by atoms with Gasteiger partial charge in [-0.2, -0.15) is 0 Å². The minimum Gasteiger partial charge on any atom is -0.366 e. The monoisotopic (exact) mass is 319 g/mol. The highest BCUT2D eigenvalue weighted by Crippen LogP contribution is 2.35. The van der Waals surface area contributed by atoms with E-state index in [1.54, 1.807) is 18.5 Å². The van der Waals surface area contributed by atoms with Crippen LogP contribution in [0.5, 0.6) is 0 Å². The van der Waals surface area contributed by atoms with Gasteiger partial charge in [0.05, 0.1) is 22.7 Å². The second-order valence-corrected chi connectivity index (χ2v) is 5.48. The van der Waals surface area contributed by atoms with Gasteiger partial charge in [-0.05, 0) is 49.7 Å². The molecule has 0 aromatic heterocycles. The van der Waals surface area contributed by atoms with E-state index in [9.17, 15) is 4.39 Å². The molecule has 0 radical (unpaired) electrons. The van der Waals surface area contributed by atoms with Crippen LogP contribution in [0.4, 0.5) is 21.5 Å². The van der Waals surface area contributed by atoms with Crippen molar-refractivity contribution in [2.75, 3.05) is 18.9 Å². The van der Waals surface area contributed by atoms with Crippen LogP contribution in [0.25, 0.3) is 0 Å². The third kappa shape index (κ3) is 4.21. The molecule has 0 aliphatic carbocycles. The molecule has 0 spiro atoms. The van der Waals surface area contributed by atoms with Gasteiger partial charge in [-0.3, -0.25) is 0 Å². The fourth-order valence-electron chi connectivity index (χ4n) is 1.90. The molecular formula is C17H19ClFN3. The smallest absolute Gasteiger partial charge is 0.125 e. The Kier molecular flexibility index (Phi) is 5.39. The summed E-state index contributed by atoms with van der Waals surface area (Å²) < 4.78 is 13.3. The minimum atomic E-state index is -0.295. The molecule has 22 heavy (non-hydrogen) atoms. The van der Waals surface area contributed by atoms with E-state index in [-0.39, 0.29) is 5.82 Å². The average molecular weight is 320 g/mol. The van der Waals surface area contributed by atoms with Gasteiger partial charge < -0.3 is 10.2 Å². The topological polar surface area (TPSA) is 27.6 Å². The number of nitrogens with zero attached hydrogens (tertiary/aromatic N) is 2. The summed E-state index contributed by atoms with van der Waals surface area (Å²) in [5.74, 6) is -0.295. The minimum absolute atomic E-state index is 0.295. The Morgan fingerprint density at radius 1 is 1.32 bits per heavy atom. The fraction of sp³-hybridized carbons (Fsp3) is 0.235. The summed E-state index contributed by atoms with van der Waals surface area (Å²) in [5.41, 5.74) is 3.06. The zero-order valence-corrected chi connectivity index (χ0v) is 13.7. The normalized spacial score (nSPS) is 11.0. The molecular weight excluding hydrogens is 301 g/mol. The number of aryl methyl sites for hydroxylation is 1. The molecule has 2 rings (SSSR count). The van der Waals surface area contributed by atoms with E-state index in [4.69, 9.17) is 11.6 Å². The standard InChI is InChI=1S/C17H19ClFN3/c1-4-22(3)11-20-15-8-12(2)9-16(17(15)18)21-14-7-5-6-13(19)10-14/h5-11,21H,4H2,1-3H3/b20-11-. The van der Waals surface area contributed by atoms with Crippen LogP contribution < -0.4 is 5.32 Å². The van der Waals surface area contributed by atoms with Gasteiger partial charge in [-0.25, -0.2) is 9.38 Å². The van der Waals surface area contributed by atoms with Gasteiger partial charge in [0.1, 0.15) is 5.82 Å². The van der Waals surface area contributed by atoms with Crippen LogP contribution in [0.3, 0.4) is 0 Å². The predicted molar refractivity (Wildman–Crippen MR) is 92.3 cm³/mol. The first-order valence-corrected chi connectivity index (χ1v) is 7.44. The van der Waals surface area contributed by atoms with E-state index in [1.165, 1.54) is 12.1 Å². The average Bonchev–Trinajstić information content (AvgIpc) is 2.48. The summed E-state index contributed by atoms with van der Waals surface area (Å²) >= 11 is 6.41. The van der Waals surface area contributed by atoms with Crippen LogP contribution in [-0.2, 0) is 0 Å². The Balaban J connectivity index is 2.32. The third-order valence-electron chi connectivity index (χ3n) is 3.19. The van der Waals surface area contributed by atoms with Crippen molar-refractivity contribution in [2.24, 2.45) is 4.99 Å². The van der Waals surface area contributed by atoms with Gasteiger partial charge in [0.25, 0.3) is 0 Å². The van der Waals surface area contributed by atoms with Gasteiger partial charge in [-0.15, -0.1) is 0 Å². The van der Waals surface area contributed by atoms with E-state index < -0.39 is 0 Å². The summed E-state index contributed by atoms with van der Waals surface area (Å²) in [5, 5.41) is 3.65. The fourth-order valence-corrected chi connectivity index (χ4v) is 2.10. The quantitative estimate of drug-likeness (QED) is 0.610. The van der Waals surface area contributed by atoms with Crippen LogP contribution in [0.15, 0.2) is 41.4 Å². The lowest BCUT2D eigenvalue weighted by Crippen LogP contribution is -2.14. The van der Waals surface area contributed by atoms with Crippen molar-refractivity contribution in [1.82, 2.24) is 4.90 Å². The maximum Gasteiger partial charge on any atom is 0.125 e. The lowest BCUT2D eigenvalue weighted by molar-refractivity contribution is 0.552. The van der Waals surface area contributed by atoms with Gasteiger partial charge in [0.15, 0.2) is 0 Å². The zero-order valence-electron chi connectivity index (χ0n) is 12.9. The van der Waals surface area contributed by atoms with E-state index in [0.717, 1.165) is 12.1 Å². The summed E-state index contributed by atoms with van der Waals surface area (Å²) in [4.78, 5) is 6.37. The molecule has 0 fully saturated rings. The molecule has 116 valence electrons. The molecule has 1 N–H and O–H groups in total. The molecule has 3 nitrogen and oxygen atoms in total. The van der Waals surface area contributed by atoms with Crippen LogP contribution in [0.2, 0.25) is 5.02 Å². The number of aliphatic imine (C=N–C) groups is 1. The molecule has 0 bridgehead atoms. The van der Waals surface area contributed by atoms with Gasteiger partial charge in [0.2, 0.25) is 0 Å². The Labute approximate surface area is 135 Å². The SMILES string of the molecule is CCN(C)/C=N\c1cc(C)cc(Nc2cccc(F)c2)c1Cl. The third-order valence-corrected chi connectivity index (χ3v) is 3.59. The summed E-state index contributed by atoms with van der Waals surface area (Å²) in [6, 6.07) is 10.1. The number of nitrogens with one attached hydrogen (secondary N) is 1. The molecule has 0 aliphatic heterocycles. The lowest BCUT2D eigenvalue weighted by atomic mass is 10.2. The number of benzene rings is 2. The number of hydrogen-bond donors (Lipinski definition) is 1. The summed E-state index contributed by atoms with van der Waals surface area (Å²) in [6.45, 7) is 4.87. The second kappa shape index (κ2) is 7.27. The van der Waals surface area contributed by atoms with Gasteiger partial charge >= 0.3 is 0 Å². The van der Waals surface area contributed by atoms with E-state index >= 15 is 0 Å². The van der Waals surface area contributed by atoms with Crippen molar-refractivity contribution in [3.05, 3.63) is 52.8 Å². The maximum absolute atomic E-state index is 13.3. The largest absolute Gasteiger partial charge is 0.366 e.